The van der Waals surface area contributed by atoms with Gasteiger partial charge < -0.3 is 15.2 Å². The summed E-state index contributed by atoms with van der Waals surface area (Å²) in [5, 5.41) is 0. The molecule has 3 saturated carbocycles. The number of ketones is 1. The Bertz CT molecular complexity index is 627. The van der Waals surface area contributed by atoms with Crippen LogP contribution in [0.2, 0.25) is 0 Å². The van der Waals surface area contributed by atoms with Crippen LogP contribution in [0.3, 0.4) is 0 Å². The molecule has 5 aliphatic rings. The molecule has 0 aromatic rings. The number of amides is 1. The van der Waals surface area contributed by atoms with Crippen molar-refractivity contribution in [2.24, 2.45) is 28.9 Å². The van der Waals surface area contributed by atoms with Crippen LogP contribution in [0, 0.1) is 23.2 Å². The highest BCUT2D eigenvalue weighted by atomic mass is 16.6. The van der Waals surface area contributed by atoms with Crippen molar-refractivity contribution in [1.29, 1.82) is 0 Å². The van der Waals surface area contributed by atoms with Gasteiger partial charge in [0, 0.05) is 24.3 Å². The lowest BCUT2D eigenvalue weighted by Crippen LogP contribution is -2.73. The highest BCUT2D eigenvalue weighted by molar-refractivity contribution is 6.00. The summed E-state index contributed by atoms with van der Waals surface area (Å²) in [6.07, 6.45) is 3.67. The van der Waals surface area contributed by atoms with Crippen LogP contribution in [0.25, 0.3) is 0 Å². The normalized spacial score (nSPS) is 40.0. The summed E-state index contributed by atoms with van der Waals surface area (Å²) >= 11 is 0. The zero-order chi connectivity index (χ0) is 17.7. The van der Waals surface area contributed by atoms with Crippen molar-refractivity contribution in [3.05, 3.63) is 11.6 Å². The molecule has 3 aliphatic carbocycles. The van der Waals surface area contributed by atoms with Crippen molar-refractivity contribution in [1.82, 2.24) is 0 Å². The predicted molar refractivity (Wildman–Crippen MR) is 85.7 cm³/mol. The fourth-order valence-corrected chi connectivity index (χ4v) is 5.04. The Balaban J connectivity index is 1.73. The number of ether oxygens (including phenoxy) is 2. The molecular formula is C18H25NO5. The predicted octanol–water partition coefficient (Wildman–Crippen LogP) is 1.37. The van der Waals surface area contributed by atoms with Crippen LogP contribution >= 0.6 is 0 Å². The minimum Gasteiger partial charge on any atom is -0.463 e. The van der Waals surface area contributed by atoms with Crippen molar-refractivity contribution in [2.75, 3.05) is 13.2 Å². The Hall–Kier alpha value is -1.69. The second kappa shape index (κ2) is 5.69. The molecule has 6 nitrogen and oxygen atoms in total. The van der Waals surface area contributed by atoms with E-state index in [9.17, 15) is 14.4 Å². The molecule has 6 heteroatoms. The van der Waals surface area contributed by atoms with Crippen LogP contribution in [-0.4, -0.2) is 36.5 Å². The topological polar surface area (TPSA) is 95.7 Å². The van der Waals surface area contributed by atoms with Crippen LogP contribution < -0.4 is 5.73 Å². The third kappa shape index (κ3) is 2.48. The lowest BCUT2D eigenvalue weighted by Gasteiger charge is -2.72. The van der Waals surface area contributed by atoms with Gasteiger partial charge in [-0.25, -0.2) is 0 Å². The minimum atomic E-state index is -0.566. The summed E-state index contributed by atoms with van der Waals surface area (Å²) in [7, 11) is 0. The van der Waals surface area contributed by atoms with Gasteiger partial charge in [0.1, 0.15) is 12.2 Å². The van der Waals surface area contributed by atoms with E-state index >= 15 is 0 Å². The summed E-state index contributed by atoms with van der Waals surface area (Å²) in [5.74, 6) is 0.124. The van der Waals surface area contributed by atoms with E-state index in [2.05, 4.69) is 6.92 Å². The maximum Gasteiger partial charge on any atom is 0.302 e. The van der Waals surface area contributed by atoms with Crippen LogP contribution in [-0.2, 0) is 23.9 Å². The van der Waals surface area contributed by atoms with Crippen LogP contribution in [0.4, 0.5) is 0 Å². The van der Waals surface area contributed by atoms with E-state index in [-0.39, 0.29) is 28.7 Å². The summed E-state index contributed by atoms with van der Waals surface area (Å²) in [5.41, 5.74) is 4.95. The van der Waals surface area contributed by atoms with Gasteiger partial charge in [-0.2, -0.15) is 0 Å². The molecule has 2 aliphatic heterocycles. The first-order chi connectivity index (χ1) is 11.2. The molecule has 2 heterocycles. The number of allylic oxidation sites excluding steroid dienone is 1. The monoisotopic (exact) mass is 335 g/mol. The van der Waals surface area contributed by atoms with Crippen molar-refractivity contribution in [2.45, 2.75) is 45.6 Å². The number of rotatable bonds is 6. The van der Waals surface area contributed by atoms with Gasteiger partial charge in [-0.15, -0.1) is 0 Å². The van der Waals surface area contributed by atoms with Gasteiger partial charge in [0.15, 0.2) is 5.78 Å². The highest BCUT2D eigenvalue weighted by Gasteiger charge is 2.70. The Kier molecular flexibility index (Phi) is 4.06. The van der Waals surface area contributed by atoms with E-state index in [0.29, 0.717) is 31.5 Å². The van der Waals surface area contributed by atoms with E-state index < -0.39 is 11.5 Å². The molecule has 2 N–H and O–H groups in total. The number of carbonyl (C=O) groups is 3. The Morgan fingerprint density at radius 2 is 2.04 bits per heavy atom. The highest BCUT2D eigenvalue weighted by Crippen LogP contribution is 2.70. The first kappa shape index (κ1) is 17.1. The molecule has 4 unspecified atom stereocenters. The summed E-state index contributed by atoms with van der Waals surface area (Å²) < 4.78 is 11.4. The fourth-order valence-electron chi connectivity index (χ4n) is 5.04. The van der Waals surface area contributed by atoms with Crippen LogP contribution in [0.5, 0.6) is 0 Å². The Morgan fingerprint density at radius 3 is 2.58 bits per heavy atom. The first-order valence-electron chi connectivity index (χ1n) is 8.48. The number of nitrogens with two attached hydrogens (primary N) is 1. The lowest BCUT2D eigenvalue weighted by atomic mass is 9.38. The SMILES string of the molecule is CC(=O)OCC12CC3CC([C@@H]1C)C3(CC(=O)/C=C(\C)C(N)=O)CO2. The number of esters is 1. The molecule has 0 aromatic heterocycles. The molecule has 0 radical (unpaired) electrons. The maximum absolute atomic E-state index is 12.4. The molecule has 5 rings (SSSR count). The first-order valence-corrected chi connectivity index (χ1v) is 8.48. The molecule has 5 atom stereocenters. The smallest absolute Gasteiger partial charge is 0.302 e. The number of hydrogen-bond donors (Lipinski definition) is 1. The van der Waals surface area contributed by atoms with E-state index in [0.717, 1.165) is 12.8 Å². The molecular weight excluding hydrogens is 310 g/mol. The van der Waals surface area contributed by atoms with Crippen molar-refractivity contribution < 1.29 is 23.9 Å². The fraction of sp³-hybridized carbons (Fsp3) is 0.722. The zero-order valence-corrected chi connectivity index (χ0v) is 14.5. The minimum absolute atomic E-state index is 0.0637. The Morgan fingerprint density at radius 1 is 1.33 bits per heavy atom. The molecule has 4 bridgehead atoms. The van der Waals surface area contributed by atoms with Crippen LogP contribution in [0.15, 0.2) is 11.6 Å². The quantitative estimate of drug-likeness (QED) is 0.584. The van der Waals surface area contributed by atoms with E-state index in [1.165, 1.54) is 13.0 Å². The third-order valence-electron chi connectivity index (χ3n) is 6.53. The van der Waals surface area contributed by atoms with Gasteiger partial charge in [0.25, 0.3) is 0 Å². The maximum atomic E-state index is 12.4. The van der Waals surface area contributed by atoms with E-state index in [1.807, 2.05) is 0 Å². The van der Waals surface area contributed by atoms with Crippen molar-refractivity contribution in [3.63, 3.8) is 0 Å². The summed E-state index contributed by atoms with van der Waals surface area (Å²) in [4.78, 5) is 34.6. The van der Waals surface area contributed by atoms with Gasteiger partial charge in [-0.1, -0.05) is 6.92 Å². The van der Waals surface area contributed by atoms with Crippen molar-refractivity contribution >= 4 is 17.7 Å². The average molecular weight is 335 g/mol. The Labute approximate surface area is 141 Å². The van der Waals surface area contributed by atoms with Gasteiger partial charge in [-0.3, -0.25) is 14.4 Å². The van der Waals surface area contributed by atoms with E-state index in [1.54, 1.807) is 6.92 Å². The average Bonchev–Trinajstić information content (AvgIpc) is 2.49. The van der Waals surface area contributed by atoms with Gasteiger partial charge in [-0.05, 0) is 43.6 Å². The van der Waals surface area contributed by atoms with Gasteiger partial charge in [0.2, 0.25) is 5.91 Å². The molecule has 2 saturated heterocycles. The molecule has 1 amide bonds. The summed E-state index contributed by atoms with van der Waals surface area (Å²) in [6, 6.07) is 0. The van der Waals surface area contributed by atoms with Crippen molar-refractivity contribution in [3.8, 4) is 0 Å². The molecule has 132 valence electrons. The van der Waals surface area contributed by atoms with Crippen LogP contribution in [0.1, 0.15) is 40.0 Å². The number of hydrogen-bond acceptors (Lipinski definition) is 5. The summed E-state index contributed by atoms with van der Waals surface area (Å²) in [6.45, 7) is 5.91. The second-order valence-corrected chi connectivity index (χ2v) is 7.73. The lowest BCUT2D eigenvalue weighted by molar-refractivity contribution is -0.331. The molecule has 0 aromatic carbocycles. The second-order valence-electron chi connectivity index (χ2n) is 7.73. The zero-order valence-electron chi connectivity index (χ0n) is 14.5. The third-order valence-corrected chi connectivity index (χ3v) is 6.53. The number of carbonyl (C=O) groups excluding carboxylic acids is 3. The van der Waals surface area contributed by atoms with E-state index in [4.69, 9.17) is 15.2 Å². The molecule has 5 fully saturated rings. The van der Waals surface area contributed by atoms with Gasteiger partial charge in [0.05, 0.1) is 6.61 Å². The largest absolute Gasteiger partial charge is 0.463 e. The molecule has 24 heavy (non-hydrogen) atoms. The molecule has 0 spiro atoms. The standard InChI is InChI=1S/C18H25NO5/c1-10(16(19)22)4-14(21)7-17-8-24-18(9-23-12(3)20)6-13(17)5-15(17)11(18)2/h4,11,13,15H,5-9H2,1-3H3,(H2,19,22)/b10-4+/t11-,13?,15?,17?,18?/m0/s1. The van der Waals surface area contributed by atoms with Gasteiger partial charge >= 0.3 is 5.97 Å². The number of primary amides is 1. The number of fused-ring (bicyclic) bond motifs is 1.